The van der Waals surface area contributed by atoms with Gasteiger partial charge in [-0.3, -0.25) is 14.4 Å². The van der Waals surface area contributed by atoms with E-state index in [0.29, 0.717) is 70.2 Å². The number of carboxylic acid groups (broad SMARTS) is 1. The van der Waals surface area contributed by atoms with E-state index in [2.05, 4.69) is 49.5 Å². The fourth-order valence-electron chi connectivity index (χ4n) is 8.69. The minimum absolute atomic E-state index is 0. The van der Waals surface area contributed by atoms with Gasteiger partial charge in [-0.1, -0.05) is 43.8 Å². The van der Waals surface area contributed by atoms with E-state index < -0.39 is 5.97 Å². The molecule has 0 saturated carbocycles. The number of halogens is 1. The molecule has 0 unspecified atom stereocenters. The number of hydrogen-bond donors (Lipinski definition) is 4. The average molecular weight is 982 g/mol. The van der Waals surface area contributed by atoms with E-state index in [0.717, 1.165) is 53.7 Å². The van der Waals surface area contributed by atoms with Crippen LogP contribution in [0.15, 0.2) is 85.2 Å². The van der Waals surface area contributed by atoms with Crippen molar-refractivity contribution in [3.05, 3.63) is 152 Å². The van der Waals surface area contributed by atoms with Crippen LogP contribution in [0.1, 0.15) is 131 Å². The minimum Gasteiger partial charge on any atom is -0.478 e. The summed E-state index contributed by atoms with van der Waals surface area (Å²) in [6, 6.07) is 27.3. The third-order valence-corrected chi connectivity index (χ3v) is 12.7. The van der Waals surface area contributed by atoms with Gasteiger partial charge in [0.05, 0.1) is 41.2 Å². The number of carbonyl (C=O) groups excluding carboxylic acids is 3. The van der Waals surface area contributed by atoms with Gasteiger partial charge in [0, 0.05) is 58.0 Å². The van der Waals surface area contributed by atoms with Crippen molar-refractivity contribution < 1.29 is 24.3 Å². The summed E-state index contributed by atoms with van der Waals surface area (Å²) in [6.45, 7) is 11.2. The number of H-pyrrole nitrogens is 2. The second kappa shape index (κ2) is 25.3. The first kappa shape index (κ1) is 56.0. The molecule has 8 rings (SSSR count). The van der Waals surface area contributed by atoms with E-state index in [1.807, 2.05) is 74.2 Å². The summed E-state index contributed by atoms with van der Waals surface area (Å²) in [4.78, 5) is 68.3. The van der Waals surface area contributed by atoms with Gasteiger partial charge >= 0.3 is 5.97 Å². The number of amides is 3. The number of carboxylic acids is 1. The van der Waals surface area contributed by atoms with Crippen LogP contribution in [0.5, 0.6) is 0 Å². The van der Waals surface area contributed by atoms with Crippen LogP contribution in [0.2, 0.25) is 0 Å². The highest BCUT2D eigenvalue weighted by atomic mass is 35.5. The number of benzene rings is 4. The molecule has 2 aromatic heterocycles. The fourth-order valence-corrected chi connectivity index (χ4v) is 8.69. The zero-order valence-electron chi connectivity index (χ0n) is 41.0. The molecule has 3 amide bonds. The molecule has 0 spiro atoms. The molecule has 4 aromatic carbocycles. The summed E-state index contributed by atoms with van der Waals surface area (Å²) >= 11 is 0. The standard InChI is InChI=1S/C27H29N5O2.C15H17N3O3.C12H14N2.CH4.ClH/c1-17-13-18(2)23(14-22(17)25-29-16-24(30-25)27(34)31(3)4)26(33)32-11-9-21(10-12-32)20-7-5-19(15-28)6-8-20;1-8-5-9(2)11(15(20)21)6-10(8)13-16-7-12(17-13)14(19)18(3)4;13-9-10-1-3-11(4-2-10)12-5-7-14-8-6-12;;/h5-8,13-14,16,21H,9-12H2,1-4H3,(H,29,30);5-7H,1-4H3,(H,16,17)(H,20,21);1-4,12,14H,5-8H2;1H4;1H. The topological polar surface area (TPSA) is 215 Å². The van der Waals surface area contributed by atoms with Gasteiger partial charge in [-0.15, -0.1) is 12.4 Å². The lowest BCUT2D eigenvalue weighted by atomic mass is 9.88. The number of aromatic carboxylic acids is 1. The van der Waals surface area contributed by atoms with Crippen LogP contribution < -0.4 is 5.32 Å². The van der Waals surface area contributed by atoms with Gasteiger partial charge in [-0.25, -0.2) is 14.8 Å². The maximum absolute atomic E-state index is 13.4. The molecule has 6 aromatic rings. The Kier molecular flexibility index (Phi) is 20.0. The van der Waals surface area contributed by atoms with Crippen LogP contribution in [0.25, 0.3) is 22.8 Å². The quantitative estimate of drug-likeness (QED) is 0.113. The van der Waals surface area contributed by atoms with Crippen molar-refractivity contribution in [2.24, 2.45) is 0 Å². The average Bonchev–Trinajstić information content (AvgIpc) is 4.05. The predicted molar refractivity (Wildman–Crippen MR) is 279 cm³/mol. The number of rotatable bonds is 8. The van der Waals surface area contributed by atoms with Gasteiger partial charge in [-0.2, -0.15) is 10.5 Å². The Bertz CT molecular complexity index is 2890. The van der Waals surface area contributed by atoms with Gasteiger partial charge < -0.3 is 35.1 Å². The highest BCUT2D eigenvalue weighted by Crippen LogP contribution is 2.32. The summed E-state index contributed by atoms with van der Waals surface area (Å²) in [5.74, 6) is 0.850. The first-order valence-corrected chi connectivity index (χ1v) is 23.0. The molecule has 2 saturated heterocycles. The monoisotopic (exact) mass is 980 g/mol. The molecular formula is C55H65ClN10O5. The molecule has 2 aliphatic heterocycles. The zero-order chi connectivity index (χ0) is 49.9. The van der Waals surface area contributed by atoms with Gasteiger partial charge in [0.1, 0.15) is 23.0 Å². The van der Waals surface area contributed by atoms with Crippen LogP contribution in [0.4, 0.5) is 0 Å². The van der Waals surface area contributed by atoms with Gasteiger partial charge in [0.25, 0.3) is 17.7 Å². The van der Waals surface area contributed by atoms with Gasteiger partial charge in [-0.05, 0) is 148 Å². The first-order chi connectivity index (χ1) is 33.0. The van der Waals surface area contributed by atoms with Gasteiger partial charge in [0.2, 0.25) is 0 Å². The smallest absolute Gasteiger partial charge is 0.335 e. The van der Waals surface area contributed by atoms with Crippen molar-refractivity contribution in [2.45, 2.75) is 72.6 Å². The number of aryl methyl sites for hydroxylation is 4. The lowest BCUT2D eigenvalue weighted by molar-refractivity contribution is 0.0691. The summed E-state index contributed by atoms with van der Waals surface area (Å²) in [5, 5.41) is 30.2. The number of aromatic nitrogens is 4. The van der Waals surface area contributed by atoms with Crippen molar-refractivity contribution in [1.82, 2.24) is 40.0 Å². The van der Waals surface area contributed by atoms with Crippen LogP contribution in [-0.4, -0.2) is 118 Å². The number of likely N-dealkylation sites (tertiary alicyclic amines) is 1. The van der Waals surface area contributed by atoms with Crippen molar-refractivity contribution in [3.63, 3.8) is 0 Å². The van der Waals surface area contributed by atoms with E-state index in [-0.39, 0.29) is 43.1 Å². The van der Waals surface area contributed by atoms with E-state index in [1.54, 1.807) is 47.2 Å². The van der Waals surface area contributed by atoms with E-state index >= 15 is 0 Å². The SMILES string of the molecule is C.Cc1cc(C)c(-c2ncc(C(=O)N(C)C)[nH]2)cc1C(=O)N1CCC(c2ccc(C#N)cc2)CC1.Cc1cc(C)c(-c2ncc(C(=O)N(C)C)[nH]2)cc1C(=O)O.Cl.N#Cc1ccc(C2CCNCC2)cc1. The normalized spacial score (nSPS) is 13.3. The molecule has 2 fully saturated rings. The van der Waals surface area contributed by atoms with Crippen molar-refractivity contribution in [2.75, 3.05) is 54.4 Å². The molecule has 0 radical (unpaired) electrons. The number of nitriles is 2. The first-order valence-electron chi connectivity index (χ1n) is 23.0. The number of imidazole rings is 2. The molecular weight excluding hydrogens is 916 g/mol. The fraction of sp³-hybridized carbons (Fsp3) is 0.345. The third-order valence-electron chi connectivity index (χ3n) is 12.7. The Hall–Kier alpha value is -7.59. The second-order valence-corrected chi connectivity index (χ2v) is 18.0. The largest absolute Gasteiger partial charge is 0.478 e. The third kappa shape index (κ3) is 13.8. The van der Waals surface area contributed by atoms with Crippen LogP contribution >= 0.6 is 12.4 Å². The molecule has 15 nitrogen and oxygen atoms in total. The predicted octanol–water partition coefficient (Wildman–Crippen LogP) is 9.46. The summed E-state index contributed by atoms with van der Waals surface area (Å²) < 4.78 is 0. The molecule has 4 N–H and O–H groups in total. The molecule has 0 bridgehead atoms. The van der Waals surface area contributed by atoms with Crippen LogP contribution in [-0.2, 0) is 0 Å². The summed E-state index contributed by atoms with van der Waals surface area (Å²) in [6.07, 6.45) is 7.20. The second-order valence-electron chi connectivity index (χ2n) is 18.0. The Balaban J connectivity index is 0.000000252. The summed E-state index contributed by atoms with van der Waals surface area (Å²) in [5.41, 5.74) is 10.7. The van der Waals surface area contributed by atoms with E-state index in [1.165, 1.54) is 46.2 Å². The van der Waals surface area contributed by atoms with Crippen molar-refractivity contribution >= 4 is 36.1 Å². The summed E-state index contributed by atoms with van der Waals surface area (Å²) in [7, 11) is 6.70. The molecule has 372 valence electrons. The maximum atomic E-state index is 13.4. The lowest BCUT2D eigenvalue weighted by Crippen LogP contribution is -2.38. The van der Waals surface area contributed by atoms with Crippen molar-refractivity contribution in [1.29, 1.82) is 10.5 Å². The van der Waals surface area contributed by atoms with Gasteiger partial charge in [0.15, 0.2) is 0 Å². The number of nitrogens with one attached hydrogen (secondary N) is 3. The molecule has 2 aliphatic rings. The molecule has 0 atom stereocenters. The minimum atomic E-state index is -0.982. The van der Waals surface area contributed by atoms with E-state index in [4.69, 9.17) is 10.5 Å². The molecule has 71 heavy (non-hydrogen) atoms. The van der Waals surface area contributed by atoms with Crippen LogP contribution in [0, 0.1) is 50.4 Å². The molecule has 0 aliphatic carbocycles. The number of hydrogen-bond acceptors (Lipinski definition) is 9. The molecule has 16 heteroatoms. The van der Waals surface area contributed by atoms with Crippen molar-refractivity contribution in [3.8, 4) is 34.9 Å². The lowest BCUT2D eigenvalue weighted by Gasteiger charge is -2.32. The number of nitrogens with zero attached hydrogens (tertiary/aromatic N) is 7. The Morgan fingerprint density at radius 2 is 1.01 bits per heavy atom. The van der Waals surface area contributed by atoms with Crippen LogP contribution in [0.3, 0.4) is 0 Å². The number of piperidine rings is 2. The Labute approximate surface area is 423 Å². The molecule has 4 heterocycles. The van der Waals surface area contributed by atoms with E-state index in [9.17, 15) is 24.3 Å². The zero-order valence-corrected chi connectivity index (χ0v) is 41.8. The number of carbonyl (C=O) groups is 4. The Morgan fingerprint density at radius 1 is 0.620 bits per heavy atom. The Morgan fingerprint density at radius 3 is 1.41 bits per heavy atom. The highest BCUT2D eigenvalue weighted by molar-refractivity contribution is 5.98. The number of aromatic amines is 2. The highest BCUT2D eigenvalue weighted by Gasteiger charge is 2.27. The maximum Gasteiger partial charge on any atom is 0.335 e.